The second-order valence-electron chi connectivity index (χ2n) is 8.40. The number of halogens is 1. The van der Waals surface area contributed by atoms with Gasteiger partial charge in [-0.3, -0.25) is 4.79 Å². The van der Waals surface area contributed by atoms with E-state index in [0.717, 1.165) is 22.0 Å². The maximum atomic E-state index is 12.4. The minimum Gasteiger partial charge on any atom is -0.339 e. The summed E-state index contributed by atoms with van der Waals surface area (Å²) < 4.78 is 0. The monoisotopic (exact) mass is 486 g/mol. The van der Waals surface area contributed by atoms with Crippen LogP contribution in [0.25, 0.3) is 10.8 Å². The standard InChI is InChI=1S/C27H27ClN6O/c1-18-10-13-23(24(15-18)31-25(35)9-6-14-34(2)3)32-27-29-17-22(28)26(33-27)30-21-12-11-19-7-4-5-8-20(19)16-21/h4-13,15-17H,14H2,1-3H3,(H,31,35)(H2,29,30,32,33)/b9-6+. The number of hydrogen-bond acceptors (Lipinski definition) is 6. The molecule has 0 radical (unpaired) electrons. The van der Waals surface area contributed by atoms with Crippen LogP contribution in [0.1, 0.15) is 5.56 Å². The lowest BCUT2D eigenvalue weighted by Crippen LogP contribution is -2.13. The molecule has 1 aromatic heterocycles. The van der Waals surface area contributed by atoms with Crippen molar-refractivity contribution in [3.05, 3.63) is 89.6 Å². The summed E-state index contributed by atoms with van der Waals surface area (Å²) in [6.07, 6.45) is 4.87. The van der Waals surface area contributed by atoms with Gasteiger partial charge in [-0.25, -0.2) is 4.98 Å². The van der Waals surface area contributed by atoms with Gasteiger partial charge in [-0.1, -0.05) is 54.1 Å². The van der Waals surface area contributed by atoms with Crippen molar-refractivity contribution < 1.29 is 4.79 Å². The number of fused-ring (bicyclic) bond motifs is 1. The van der Waals surface area contributed by atoms with Gasteiger partial charge in [0.2, 0.25) is 11.9 Å². The molecule has 1 amide bonds. The van der Waals surface area contributed by atoms with E-state index in [-0.39, 0.29) is 5.91 Å². The van der Waals surface area contributed by atoms with Gasteiger partial charge in [0.1, 0.15) is 5.02 Å². The Morgan fingerprint density at radius 1 is 1.00 bits per heavy atom. The zero-order valence-corrected chi connectivity index (χ0v) is 20.6. The summed E-state index contributed by atoms with van der Waals surface area (Å²) in [4.78, 5) is 23.2. The first-order chi connectivity index (χ1) is 16.9. The third-order valence-corrected chi connectivity index (χ3v) is 5.45. The van der Waals surface area contributed by atoms with Crippen LogP contribution in [0.2, 0.25) is 5.02 Å². The second kappa shape index (κ2) is 11.0. The molecule has 3 aromatic carbocycles. The number of nitrogens with one attached hydrogen (secondary N) is 3. The lowest BCUT2D eigenvalue weighted by Gasteiger charge is -2.14. The minimum absolute atomic E-state index is 0.212. The molecule has 0 aliphatic carbocycles. The number of carbonyl (C=O) groups excluding carboxylic acids is 1. The van der Waals surface area contributed by atoms with E-state index in [0.29, 0.717) is 34.7 Å². The lowest BCUT2D eigenvalue weighted by molar-refractivity contribution is -0.111. The molecule has 8 heteroatoms. The van der Waals surface area contributed by atoms with Gasteiger partial charge in [0.15, 0.2) is 5.82 Å². The quantitative estimate of drug-likeness (QED) is 0.260. The number of aromatic nitrogens is 2. The van der Waals surface area contributed by atoms with Crippen LogP contribution in [0.4, 0.5) is 28.8 Å². The minimum atomic E-state index is -0.212. The molecule has 4 aromatic rings. The van der Waals surface area contributed by atoms with Gasteiger partial charge in [0.05, 0.1) is 17.6 Å². The van der Waals surface area contributed by atoms with Gasteiger partial charge in [0, 0.05) is 18.3 Å². The third-order valence-electron chi connectivity index (χ3n) is 5.18. The van der Waals surface area contributed by atoms with E-state index in [1.807, 2.05) is 80.5 Å². The van der Waals surface area contributed by atoms with Gasteiger partial charge in [-0.15, -0.1) is 0 Å². The van der Waals surface area contributed by atoms with Crippen LogP contribution in [-0.2, 0) is 4.79 Å². The number of rotatable bonds is 8. The van der Waals surface area contributed by atoms with Crippen molar-refractivity contribution >= 4 is 57.1 Å². The van der Waals surface area contributed by atoms with Gasteiger partial charge < -0.3 is 20.9 Å². The molecule has 0 bridgehead atoms. The molecule has 7 nitrogen and oxygen atoms in total. The first-order valence-corrected chi connectivity index (χ1v) is 11.5. The molecule has 1 heterocycles. The number of anilines is 5. The van der Waals surface area contributed by atoms with E-state index in [4.69, 9.17) is 11.6 Å². The second-order valence-corrected chi connectivity index (χ2v) is 8.81. The maximum absolute atomic E-state index is 12.4. The Hall–Kier alpha value is -3.94. The Balaban J connectivity index is 1.54. The average molecular weight is 487 g/mol. The summed E-state index contributed by atoms with van der Waals surface area (Å²) in [7, 11) is 3.89. The van der Waals surface area contributed by atoms with Crippen LogP contribution in [0.5, 0.6) is 0 Å². The van der Waals surface area contributed by atoms with Crippen LogP contribution in [-0.4, -0.2) is 41.4 Å². The molecule has 178 valence electrons. The first kappa shape index (κ1) is 24.2. The van der Waals surface area contributed by atoms with E-state index in [2.05, 4.69) is 38.1 Å². The normalized spacial score (nSPS) is 11.2. The van der Waals surface area contributed by atoms with Crippen molar-refractivity contribution in [2.24, 2.45) is 0 Å². The van der Waals surface area contributed by atoms with Crippen molar-refractivity contribution in [3.8, 4) is 0 Å². The zero-order chi connectivity index (χ0) is 24.8. The van der Waals surface area contributed by atoms with Crippen molar-refractivity contribution in [1.82, 2.24) is 14.9 Å². The maximum Gasteiger partial charge on any atom is 0.248 e. The number of aryl methyl sites for hydroxylation is 1. The van der Waals surface area contributed by atoms with E-state index in [1.165, 1.54) is 12.3 Å². The molecular weight excluding hydrogens is 460 g/mol. The Morgan fingerprint density at radius 3 is 2.60 bits per heavy atom. The Labute approximate surface area is 209 Å². The number of amides is 1. The summed E-state index contributed by atoms with van der Waals surface area (Å²) in [5.41, 5.74) is 3.18. The Kier molecular flexibility index (Phi) is 7.60. The summed E-state index contributed by atoms with van der Waals surface area (Å²) in [6.45, 7) is 2.64. The van der Waals surface area contributed by atoms with Crippen molar-refractivity contribution in [3.63, 3.8) is 0 Å². The van der Waals surface area contributed by atoms with Crippen LogP contribution in [0.3, 0.4) is 0 Å². The molecule has 0 aliphatic rings. The number of hydrogen-bond donors (Lipinski definition) is 3. The van der Waals surface area contributed by atoms with Gasteiger partial charge in [-0.2, -0.15) is 4.98 Å². The molecule has 3 N–H and O–H groups in total. The summed E-state index contributed by atoms with van der Waals surface area (Å²) >= 11 is 6.38. The molecule has 0 saturated heterocycles. The highest BCUT2D eigenvalue weighted by Crippen LogP contribution is 2.29. The van der Waals surface area contributed by atoms with E-state index < -0.39 is 0 Å². The number of benzene rings is 3. The molecular formula is C27H27ClN6O. The van der Waals surface area contributed by atoms with Gasteiger partial charge >= 0.3 is 0 Å². The molecule has 0 aliphatic heterocycles. The van der Waals surface area contributed by atoms with E-state index in [9.17, 15) is 4.79 Å². The van der Waals surface area contributed by atoms with Crippen molar-refractivity contribution in [1.29, 1.82) is 0 Å². The fourth-order valence-electron chi connectivity index (χ4n) is 3.45. The number of carbonyl (C=O) groups is 1. The largest absolute Gasteiger partial charge is 0.339 e. The molecule has 0 unspecified atom stereocenters. The fraction of sp³-hybridized carbons (Fsp3) is 0.148. The fourth-order valence-corrected chi connectivity index (χ4v) is 3.59. The van der Waals surface area contributed by atoms with Crippen LogP contribution >= 0.6 is 11.6 Å². The summed E-state index contributed by atoms with van der Waals surface area (Å²) in [5, 5.41) is 12.1. The molecule has 4 rings (SSSR count). The van der Waals surface area contributed by atoms with Crippen molar-refractivity contribution in [2.75, 3.05) is 36.6 Å². The van der Waals surface area contributed by atoms with Crippen molar-refractivity contribution in [2.45, 2.75) is 6.92 Å². The summed E-state index contributed by atoms with van der Waals surface area (Å²) in [6, 6.07) is 19.9. The highest BCUT2D eigenvalue weighted by atomic mass is 35.5. The Morgan fingerprint density at radius 2 is 1.80 bits per heavy atom. The van der Waals surface area contributed by atoms with Crippen LogP contribution in [0, 0.1) is 6.92 Å². The predicted molar refractivity (Wildman–Crippen MR) is 145 cm³/mol. The SMILES string of the molecule is Cc1ccc(Nc2ncc(Cl)c(Nc3ccc4ccccc4c3)n2)c(NC(=O)/C=C/CN(C)C)c1. The molecule has 0 spiro atoms. The molecule has 0 fully saturated rings. The summed E-state index contributed by atoms with van der Waals surface area (Å²) in [5.74, 6) is 0.611. The highest BCUT2D eigenvalue weighted by molar-refractivity contribution is 6.33. The first-order valence-electron chi connectivity index (χ1n) is 11.2. The molecule has 0 saturated carbocycles. The number of likely N-dealkylation sites (N-methyl/N-ethyl adjacent to an activating group) is 1. The van der Waals surface area contributed by atoms with E-state index >= 15 is 0 Å². The highest BCUT2D eigenvalue weighted by Gasteiger charge is 2.11. The lowest BCUT2D eigenvalue weighted by atomic mass is 10.1. The number of nitrogens with zero attached hydrogens (tertiary/aromatic N) is 3. The van der Waals surface area contributed by atoms with E-state index in [1.54, 1.807) is 0 Å². The van der Waals surface area contributed by atoms with Crippen LogP contribution < -0.4 is 16.0 Å². The van der Waals surface area contributed by atoms with Gasteiger partial charge in [0.25, 0.3) is 0 Å². The smallest absolute Gasteiger partial charge is 0.248 e. The molecule has 35 heavy (non-hydrogen) atoms. The average Bonchev–Trinajstić information content (AvgIpc) is 2.82. The molecule has 0 atom stereocenters. The van der Waals surface area contributed by atoms with Gasteiger partial charge in [-0.05, 0) is 61.6 Å². The zero-order valence-electron chi connectivity index (χ0n) is 19.8. The third kappa shape index (κ3) is 6.56. The topological polar surface area (TPSA) is 82.2 Å². The van der Waals surface area contributed by atoms with Crippen LogP contribution in [0.15, 0.2) is 79.0 Å². The Bertz CT molecular complexity index is 1390. The predicted octanol–water partition coefficient (Wildman–Crippen LogP) is 6.14.